The van der Waals surface area contributed by atoms with Crippen molar-refractivity contribution in [1.82, 2.24) is 0 Å². The predicted molar refractivity (Wildman–Crippen MR) is 257 cm³/mol. The van der Waals surface area contributed by atoms with Gasteiger partial charge in [0.2, 0.25) is 0 Å². The first kappa shape index (κ1) is 37.6. The SMILES string of the molecule is c1ccc(P(c2ccccc2)c2cccc(N(c3cccc(P(c4ccccc4)c4ccccc4)c3)c3cccc(P(c4ccccc4)c4ccccc4)c3)c2)cc1. The quantitative estimate of drug-likeness (QED) is 0.111. The van der Waals surface area contributed by atoms with Crippen molar-refractivity contribution >= 4 is 88.6 Å². The Labute approximate surface area is 346 Å². The van der Waals surface area contributed by atoms with Crippen LogP contribution in [0.1, 0.15) is 0 Å². The van der Waals surface area contributed by atoms with Gasteiger partial charge in [0.05, 0.1) is 0 Å². The molecule has 0 bridgehead atoms. The molecule has 9 aromatic rings. The second-order valence-electron chi connectivity index (χ2n) is 13.9. The summed E-state index contributed by atoms with van der Waals surface area (Å²) in [7, 11) is -2.40. The maximum atomic E-state index is 2.48. The van der Waals surface area contributed by atoms with E-state index < -0.39 is 23.8 Å². The Kier molecular flexibility index (Phi) is 11.8. The smallest absolute Gasteiger partial charge is 0.0468 e. The van der Waals surface area contributed by atoms with Crippen molar-refractivity contribution in [2.75, 3.05) is 4.90 Å². The summed E-state index contributed by atoms with van der Waals surface area (Å²) in [5.41, 5.74) is 3.41. The topological polar surface area (TPSA) is 3.24 Å². The van der Waals surface area contributed by atoms with Crippen LogP contribution < -0.4 is 52.6 Å². The van der Waals surface area contributed by atoms with E-state index in [1.165, 1.54) is 47.7 Å². The Bertz CT molecular complexity index is 2260. The molecule has 0 aliphatic rings. The molecule has 0 heterocycles. The Hall–Kier alpha value is -5.93. The fourth-order valence-corrected chi connectivity index (χ4v) is 14.6. The van der Waals surface area contributed by atoms with Crippen LogP contribution in [0.2, 0.25) is 0 Å². The highest BCUT2D eigenvalue weighted by Gasteiger charge is 2.23. The molecule has 0 saturated carbocycles. The Morgan fingerprint density at radius 2 is 0.379 bits per heavy atom. The van der Waals surface area contributed by atoms with Gasteiger partial charge in [-0.05, 0) is 108 Å². The minimum atomic E-state index is -0.799. The van der Waals surface area contributed by atoms with Gasteiger partial charge in [-0.1, -0.05) is 218 Å². The summed E-state index contributed by atoms with van der Waals surface area (Å²) in [6, 6.07) is 93.8. The number of anilines is 3. The number of benzene rings is 9. The molecule has 0 aliphatic heterocycles. The summed E-state index contributed by atoms with van der Waals surface area (Å²) in [4.78, 5) is 2.48. The lowest BCUT2D eigenvalue weighted by molar-refractivity contribution is 1.29. The van der Waals surface area contributed by atoms with Gasteiger partial charge in [-0.2, -0.15) is 0 Å². The fraction of sp³-hybridized carbons (Fsp3) is 0. The maximum Gasteiger partial charge on any atom is 0.0468 e. The molecule has 0 aliphatic carbocycles. The van der Waals surface area contributed by atoms with Crippen LogP contribution in [0, 0.1) is 0 Å². The van der Waals surface area contributed by atoms with Crippen molar-refractivity contribution in [3.05, 3.63) is 255 Å². The van der Waals surface area contributed by atoms with Crippen LogP contribution in [0.3, 0.4) is 0 Å². The van der Waals surface area contributed by atoms with E-state index in [2.05, 4.69) is 260 Å². The zero-order valence-corrected chi connectivity index (χ0v) is 34.7. The summed E-state index contributed by atoms with van der Waals surface area (Å²) >= 11 is 0. The van der Waals surface area contributed by atoms with E-state index in [1.807, 2.05) is 0 Å². The first-order valence-electron chi connectivity index (χ1n) is 19.6. The Morgan fingerprint density at radius 3 is 0.586 bits per heavy atom. The molecule has 0 fully saturated rings. The first-order valence-corrected chi connectivity index (χ1v) is 23.6. The summed E-state index contributed by atoms with van der Waals surface area (Å²) in [5, 5.41) is 12.0. The Balaban J connectivity index is 1.23. The second-order valence-corrected chi connectivity index (χ2v) is 20.6. The molecule has 0 unspecified atom stereocenters. The molecule has 0 radical (unpaired) electrons. The van der Waals surface area contributed by atoms with Gasteiger partial charge in [-0.15, -0.1) is 0 Å². The average molecular weight is 798 g/mol. The zero-order chi connectivity index (χ0) is 38.9. The molecule has 9 rings (SSSR count). The van der Waals surface area contributed by atoms with Gasteiger partial charge in [0.25, 0.3) is 0 Å². The van der Waals surface area contributed by atoms with E-state index >= 15 is 0 Å². The third-order valence-corrected chi connectivity index (χ3v) is 17.4. The summed E-state index contributed by atoms with van der Waals surface area (Å²) < 4.78 is 0. The third kappa shape index (κ3) is 8.36. The molecular formula is C54H42NP3. The van der Waals surface area contributed by atoms with Crippen molar-refractivity contribution in [3.63, 3.8) is 0 Å². The molecule has 0 aromatic heterocycles. The molecule has 0 saturated heterocycles. The van der Waals surface area contributed by atoms with E-state index in [1.54, 1.807) is 0 Å². The van der Waals surface area contributed by atoms with Crippen LogP contribution in [0.25, 0.3) is 0 Å². The van der Waals surface area contributed by atoms with Gasteiger partial charge in [-0.3, -0.25) is 0 Å². The minimum Gasteiger partial charge on any atom is -0.310 e. The van der Waals surface area contributed by atoms with Crippen molar-refractivity contribution in [2.45, 2.75) is 0 Å². The minimum absolute atomic E-state index is 0.799. The second kappa shape index (κ2) is 18.1. The fourth-order valence-electron chi connectivity index (χ4n) is 7.56. The predicted octanol–water partition coefficient (Wildman–Crippen LogP) is 10.4. The van der Waals surface area contributed by atoms with Crippen LogP contribution in [0.15, 0.2) is 255 Å². The molecule has 0 N–H and O–H groups in total. The first-order chi connectivity index (χ1) is 28.8. The van der Waals surface area contributed by atoms with E-state index in [4.69, 9.17) is 0 Å². The highest BCUT2D eigenvalue weighted by Crippen LogP contribution is 2.41. The largest absolute Gasteiger partial charge is 0.310 e. The van der Waals surface area contributed by atoms with Crippen LogP contribution in [-0.2, 0) is 0 Å². The van der Waals surface area contributed by atoms with E-state index in [-0.39, 0.29) is 0 Å². The van der Waals surface area contributed by atoms with Crippen LogP contribution in [0.5, 0.6) is 0 Å². The van der Waals surface area contributed by atoms with Gasteiger partial charge in [0.15, 0.2) is 0 Å². The van der Waals surface area contributed by atoms with E-state index in [9.17, 15) is 0 Å². The zero-order valence-electron chi connectivity index (χ0n) is 32.0. The molecule has 278 valence electrons. The van der Waals surface area contributed by atoms with E-state index in [0.29, 0.717) is 0 Å². The van der Waals surface area contributed by atoms with Gasteiger partial charge in [-0.25, -0.2) is 0 Å². The van der Waals surface area contributed by atoms with Crippen molar-refractivity contribution in [1.29, 1.82) is 0 Å². The molecule has 58 heavy (non-hydrogen) atoms. The van der Waals surface area contributed by atoms with Crippen LogP contribution in [0.4, 0.5) is 17.1 Å². The number of hydrogen-bond acceptors (Lipinski definition) is 1. The van der Waals surface area contributed by atoms with Gasteiger partial charge in [0.1, 0.15) is 0 Å². The van der Waals surface area contributed by atoms with Crippen molar-refractivity contribution in [3.8, 4) is 0 Å². The highest BCUT2D eigenvalue weighted by atomic mass is 31.1. The van der Waals surface area contributed by atoms with Gasteiger partial charge < -0.3 is 4.90 Å². The lowest BCUT2D eigenvalue weighted by Gasteiger charge is -2.29. The molecule has 0 amide bonds. The summed E-state index contributed by atoms with van der Waals surface area (Å²) in [5.74, 6) is 0. The van der Waals surface area contributed by atoms with Crippen LogP contribution >= 0.6 is 23.8 Å². The van der Waals surface area contributed by atoms with Crippen LogP contribution in [-0.4, -0.2) is 0 Å². The van der Waals surface area contributed by atoms with Crippen molar-refractivity contribution in [2.24, 2.45) is 0 Å². The average Bonchev–Trinajstić information content (AvgIpc) is 3.30. The lowest BCUT2D eigenvalue weighted by atomic mass is 10.2. The molecule has 0 atom stereocenters. The number of hydrogen-bond donors (Lipinski definition) is 0. The Morgan fingerprint density at radius 1 is 0.190 bits per heavy atom. The normalized spacial score (nSPS) is 11.2. The third-order valence-electron chi connectivity index (χ3n) is 10.1. The molecule has 1 nitrogen and oxygen atoms in total. The van der Waals surface area contributed by atoms with E-state index in [0.717, 1.165) is 17.1 Å². The van der Waals surface area contributed by atoms with Gasteiger partial charge >= 0.3 is 0 Å². The monoisotopic (exact) mass is 797 g/mol. The summed E-state index contributed by atoms with van der Waals surface area (Å²) in [6.45, 7) is 0. The molecular weight excluding hydrogens is 756 g/mol. The van der Waals surface area contributed by atoms with Gasteiger partial charge in [0, 0.05) is 17.1 Å². The molecule has 0 spiro atoms. The molecule has 4 heteroatoms. The van der Waals surface area contributed by atoms with Crippen molar-refractivity contribution < 1.29 is 0 Å². The standard InChI is InChI=1S/C54H42NP3/c1-7-25-46(26-8-1)56(47-27-9-2-10-28-47)52-37-19-22-43(40-52)55(44-23-20-38-53(41-44)57(48-29-11-3-12-30-48)49-31-13-4-14-32-49)45-24-21-39-54(42-45)58(50-33-15-5-16-34-50)51-35-17-6-18-36-51/h1-42H. The molecule has 9 aromatic carbocycles. The maximum absolute atomic E-state index is 2.48. The number of nitrogens with zero attached hydrogens (tertiary/aromatic N) is 1. The summed E-state index contributed by atoms with van der Waals surface area (Å²) in [6.07, 6.45) is 0. The highest BCUT2D eigenvalue weighted by molar-refractivity contribution is 7.80. The number of rotatable bonds is 12. The lowest BCUT2D eigenvalue weighted by Crippen LogP contribution is -2.24.